The monoisotopic (exact) mass is 869 g/mol. The summed E-state index contributed by atoms with van der Waals surface area (Å²) >= 11 is 0. The fraction of sp³-hybridized carbons (Fsp3) is 0.491. The zero-order valence-corrected chi connectivity index (χ0v) is 38.6. The summed E-state index contributed by atoms with van der Waals surface area (Å²) in [6.07, 6.45) is 20.5. The Morgan fingerprint density at radius 1 is 0.625 bits per heavy atom. The third kappa shape index (κ3) is 11.6. The van der Waals surface area contributed by atoms with Crippen LogP contribution in [0.25, 0.3) is 11.1 Å². The van der Waals surface area contributed by atoms with Crippen LogP contribution in [-0.4, -0.2) is 59.9 Å². The molecule has 4 aliphatic rings. The maximum Gasteiger partial charge on any atom is 0.338 e. The molecule has 4 aliphatic carbocycles. The summed E-state index contributed by atoms with van der Waals surface area (Å²) < 4.78 is 17.4. The Morgan fingerprint density at radius 2 is 1.14 bits per heavy atom. The third-order valence-corrected chi connectivity index (χ3v) is 14.7. The van der Waals surface area contributed by atoms with E-state index in [1.807, 2.05) is 66.7 Å². The van der Waals surface area contributed by atoms with Crippen LogP contribution in [0.5, 0.6) is 11.5 Å². The van der Waals surface area contributed by atoms with Crippen molar-refractivity contribution in [3.8, 4) is 22.6 Å². The van der Waals surface area contributed by atoms with Crippen molar-refractivity contribution in [2.24, 2.45) is 35.5 Å². The highest BCUT2D eigenvalue weighted by Gasteiger charge is 2.47. The lowest BCUT2D eigenvalue weighted by Gasteiger charge is -2.31. The van der Waals surface area contributed by atoms with Crippen LogP contribution >= 0.6 is 0 Å². The number of carbonyl (C=O) groups is 1. The second kappa shape index (κ2) is 23.0. The zero-order chi connectivity index (χ0) is 45.0. The minimum absolute atomic E-state index is 0.0720. The molecule has 0 unspecified atom stereocenters. The summed E-state index contributed by atoms with van der Waals surface area (Å²) in [6, 6.07) is 30.4. The molecule has 0 amide bonds. The zero-order valence-electron chi connectivity index (χ0n) is 38.6. The van der Waals surface area contributed by atoms with E-state index in [2.05, 4.69) is 62.4 Å². The van der Waals surface area contributed by atoms with Crippen LogP contribution in [0.1, 0.15) is 111 Å². The quantitative estimate of drug-likeness (QED) is 0.0551. The molecule has 0 spiro atoms. The van der Waals surface area contributed by atoms with Crippen molar-refractivity contribution in [2.75, 3.05) is 14.2 Å². The average molecular weight is 869 g/mol. The molecular formula is C57H72O7. The second-order valence-corrected chi connectivity index (χ2v) is 18.8. The Hall–Kier alpha value is -4.69. The first kappa shape index (κ1) is 47.3. The number of hydrogen-bond acceptors (Lipinski definition) is 7. The predicted octanol–water partition coefficient (Wildman–Crippen LogP) is 11.3. The largest absolute Gasteiger partial charge is 0.496 e. The highest BCUT2D eigenvalue weighted by Crippen LogP contribution is 2.49. The Labute approximate surface area is 382 Å². The van der Waals surface area contributed by atoms with Crippen molar-refractivity contribution in [3.63, 3.8) is 0 Å². The van der Waals surface area contributed by atoms with Crippen molar-refractivity contribution >= 4 is 5.97 Å². The van der Waals surface area contributed by atoms with Gasteiger partial charge in [0.15, 0.2) is 0 Å². The minimum Gasteiger partial charge on any atom is -0.496 e. The number of benzene rings is 4. The van der Waals surface area contributed by atoms with E-state index in [4.69, 9.17) is 14.2 Å². The van der Waals surface area contributed by atoms with Crippen LogP contribution in [0.2, 0.25) is 0 Å². The summed E-state index contributed by atoms with van der Waals surface area (Å²) in [5, 5.41) is 31.4. The highest BCUT2D eigenvalue weighted by molar-refractivity contribution is 5.90. The van der Waals surface area contributed by atoms with Gasteiger partial charge in [0.05, 0.1) is 38.1 Å². The van der Waals surface area contributed by atoms with E-state index in [-0.39, 0.29) is 36.1 Å². The van der Waals surface area contributed by atoms with Crippen LogP contribution in [0.15, 0.2) is 115 Å². The summed E-state index contributed by atoms with van der Waals surface area (Å²) in [4.78, 5) is 13.3. The van der Waals surface area contributed by atoms with Gasteiger partial charge in [-0.3, -0.25) is 0 Å². The fourth-order valence-corrected chi connectivity index (χ4v) is 11.2. The van der Waals surface area contributed by atoms with E-state index in [0.29, 0.717) is 29.2 Å². The normalized spacial score (nSPS) is 25.4. The first-order valence-corrected chi connectivity index (χ1v) is 24.3. The van der Waals surface area contributed by atoms with Crippen LogP contribution in [0.3, 0.4) is 0 Å². The number of aliphatic hydroxyl groups excluding tert-OH is 3. The van der Waals surface area contributed by atoms with E-state index in [1.54, 1.807) is 14.2 Å². The molecule has 0 saturated heterocycles. The molecule has 7 nitrogen and oxygen atoms in total. The molecule has 7 heteroatoms. The molecule has 4 aromatic rings. The molecule has 2 saturated carbocycles. The summed E-state index contributed by atoms with van der Waals surface area (Å²) in [7, 11) is 3.46. The van der Waals surface area contributed by atoms with Gasteiger partial charge in [0.2, 0.25) is 0 Å². The molecule has 4 aromatic carbocycles. The van der Waals surface area contributed by atoms with Crippen LogP contribution in [-0.2, 0) is 30.4 Å². The van der Waals surface area contributed by atoms with E-state index >= 15 is 0 Å². The number of esters is 1. The molecule has 0 bridgehead atoms. The van der Waals surface area contributed by atoms with Gasteiger partial charge in [-0.2, -0.15) is 0 Å². The maximum atomic E-state index is 13.3. The Morgan fingerprint density at radius 3 is 1.69 bits per heavy atom. The van der Waals surface area contributed by atoms with Gasteiger partial charge < -0.3 is 29.5 Å². The molecule has 0 radical (unpaired) electrons. The molecule has 64 heavy (non-hydrogen) atoms. The Bertz CT molecular complexity index is 2140. The molecule has 8 rings (SSSR count). The van der Waals surface area contributed by atoms with Crippen molar-refractivity contribution < 1.29 is 34.3 Å². The first-order valence-electron chi connectivity index (χ1n) is 24.3. The van der Waals surface area contributed by atoms with Gasteiger partial charge in [0.25, 0.3) is 0 Å². The summed E-state index contributed by atoms with van der Waals surface area (Å²) in [5.41, 5.74) is 8.04. The molecule has 0 aliphatic heterocycles. The molecule has 10 atom stereocenters. The molecular weight excluding hydrogens is 797 g/mol. The molecule has 0 aromatic heterocycles. The van der Waals surface area contributed by atoms with E-state index < -0.39 is 6.10 Å². The van der Waals surface area contributed by atoms with E-state index in [9.17, 15) is 20.1 Å². The lowest BCUT2D eigenvalue weighted by molar-refractivity contribution is 0.0230. The standard InChI is InChI=1S/C35H40O4.C22H32O3/c1-3-4-6-13-29(36)19-20-30-31-21-27-12-9-14-33(38-2)32(27)22-28(31)23-34(30)39-35(37)26-17-15-25(16-18-26)24-10-7-5-8-11-24;1-3-4-5-8-17(23)10-11-18-19-12-15-7-6-9-22(25-2)20(15)13-16(19)14-21(18)24/h5,7-12,14-20,28-31,34,36H,3-4,6,13,21-23H2,1-2H3;6-7,9-11,16-19,21,23-24H,3-5,8,12-14H2,1-2H3/b20-19+;11-10+/t28-,29-,30+,31-,34+;16-,17-,18+,19-,21+/m00/s1. The predicted molar refractivity (Wildman–Crippen MR) is 257 cm³/mol. The van der Waals surface area contributed by atoms with Gasteiger partial charge >= 0.3 is 5.97 Å². The lowest BCUT2D eigenvalue weighted by Crippen LogP contribution is -2.28. The number of ether oxygens (including phenoxy) is 3. The lowest BCUT2D eigenvalue weighted by atomic mass is 9.74. The number of rotatable bonds is 17. The van der Waals surface area contributed by atoms with Gasteiger partial charge in [-0.1, -0.05) is 143 Å². The number of hydrogen-bond donors (Lipinski definition) is 3. The number of fused-ring (bicyclic) bond motifs is 4. The van der Waals surface area contributed by atoms with Crippen molar-refractivity contribution in [2.45, 2.75) is 128 Å². The average Bonchev–Trinajstić information content (AvgIpc) is 3.82. The number of methoxy groups -OCH3 is 2. The minimum atomic E-state index is -0.464. The van der Waals surface area contributed by atoms with E-state index in [1.165, 1.54) is 35.1 Å². The fourth-order valence-electron chi connectivity index (χ4n) is 11.2. The van der Waals surface area contributed by atoms with Crippen LogP contribution in [0, 0.1) is 35.5 Å². The Balaban J connectivity index is 0.000000211. The first-order chi connectivity index (χ1) is 31.2. The van der Waals surface area contributed by atoms with Crippen LogP contribution in [0.4, 0.5) is 0 Å². The Kier molecular flexibility index (Phi) is 17.0. The van der Waals surface area contributed by atoms with Gasteiger partial charge in [-0.25, -0.2) is 4.79 Å². The second-order valence-electron chi connectivity index (χ2n) is 18.8. The highest BCUT2D eigenvalue weighted by atomic mass is 16.5. The van der Waals surface area contributed by atoms with Crippen LogP contribution < -0.4 is 9.47 Å². The van der Waals surface area contributed by atoms with Gasteiger partial charge in [-0.15, -0.1) is 0 Å². The summed E-state index contributed by atoms with van der Waals surface area (Å²) in [6.45, 7) is 4.35. The van der Waals surface area contributed by atoms with Gasteiger partial charge in [0.1, 0.15) is 17.6 Å². The van der Waals surface area contributed by atoms with Crippen molar-refractivity contribution in [3.05, 3.63) is 143 Å². The number of unbranched alkanes of at least 4 members (excludes halogenated alkanes) is 4. The van der Waals surface area contributed by atoms with Gasteiger partial charge in [-0.05, 0) is 133 Å². The topological polar surface area (TPSA) is 105 Å². The van der Waals surface area contributed by atoms with Crippen molar-refractivity contribution in [1.82, 2.24) is 0 Å². The maximum absolute atomic E-state index is 13.3. The summed E-state index contributed by atoms with van der Waals surface area (Å²) in [5.74, 6) is 3.61. The number of aliphatic hydroxyl groups is 3. The number of carbonyl (C=O) groups excluding carboxylic acids is 1. The van der Waals surface area contributed by atoms with E-state index in [0.717, 1.165) is 99.7 Å². The molecule has 3 N–H and O–H groups in total. The molecule has 2 fully saturated rings. The SMILES string of the molecule is CCCCC[C@H](O)/C=C/[C@@H]1[C@H]2Cc3cccc(OC)c3C[C@H]2C[C@H]1O.CCCCC[C@H](O)/C=C/[C@@H]1[C@H]2Cc3cccc(OC)c3C[C@H]2C[C@H]1OC(=O)c1ccc(-c2ccccc2)cc1. The molecule has 342 valence electrons. The van der Waals surface area contributed by atoms with Crippen molar-refractivity contribution in [1.29, 1.82) is 0 Å². The molecule has 0 heterocycles. The third-order valence-electron chi connectivity index (χ3n) is 14.7. The van der Waals surface area contributed by atoms with Gasteiger partial charge in [0, 0.05) is 11.8 Å². The smallest absolute Gasteiger partial charge is 0.338 e.